The van der Waals surface area contributed by atoms with Crippen LogP contribution in [0.1, 0.15) is 49.7 Å². The van der Waals surface area contributed by atoms with Crippen molar-refractivity contribution in [1.82, 2.24) is 14.8 Å². The number of nitrogens with one attached hydrogen (secondary N) is 1. The monoisotopic (exact) mass is 711 g/mol. The lowest BCUT2D eigenvalue weighted by Gasteiger charge is -2.18. The van der Waals surface area contributed by atoms with E-state index >= 15 is 0 Å². The average molecular weight is 712 g/mol. The van der Waals surface area contributed by atoms with Gasteiger partial charge in [0.25, 0.3) is 6.43 Å². The minimum atomic E-state index is -3.86. The van der Waals surface area contributed by atoms with Crippen molar-refractivity contribution in [3.05, 3.63) is 76.1 Å². The lowest BCUT2D eigenvalue weighted by Crippen LogP contribution is -2.28. The second-order valence-electron chi connectivity index (χ2n) is 11.8. The van der Waals surface area contributed by atoms with E-state index in [1.807, 2.05) is 0 Å². The molecule has 16 heteroatoms. The van der Waals surface area contributed by atoms with Crippen LogP contribution in [-0.4, -0.2) is 54.3 Å². The molecule has 2 aromatic heterocycles. The highest BCUT2D eigenvalue weighted by Crippen LogP contribution is 2.41. The van der Waals surface area contributed by atoms with E-state index in [0.29, 0.717) is 18.9 Å². The molecule has 1 atom stereocenters. The quantitative estimate of drug-likeness (QED) is 0.161. The van der Waals surface area contributed by atoms with Crippen molar-refractivity contribution in [2.24, 2.45) is 5.73 Å². The number of rotatable bonds is 10. The number of sulfonamides is 1. The molecule has 5 rings (SSSR count). The zero-order chi connectivity index (χ0) is 34.5. The number of benzene rings is 2. The maximum Gasteiger partial charge on any atom is 0.257 e. The molecule has 1 aliphatic carbocycles. The van der Waals surface area contributed by atoms with Crippen molar-refractivity contribution < 1.29 is 34.4 Å². The maximum atomic E-state index is 14.0. The van der Waals surface area contributed by atoms with Gasteiger partial charge in [-0.1, -0.05) is 23.6 Å². The van der Waals surface area contributed by atoms with Gasteiger partial charge in [0.15, 0.2) is 15.7 Å². The zero-order valence-electron chi connectivity index (χ0n) is 25.4. The highest BCUT2D eigenvalue weighted by Gasteiger charge is 2.37. The van der Waals surface area contributed by atoms with Gasteiger partial charge in [-0.05, 0) is 74.9 Å². The molecule has 2 aromatic carbocycles. The van der Waals surface area contributed by atoms with Gasteiger partial charge in [0.1, 0.15) is 28.6 Å². The second-order valence-corrected chi connectivity index (χ2v) is 16.8. The summed E-state index contributed by atoms with van der Waals surface area (Å²) in [6, 6.07) is 7.87. The Kier molecular flexibility index (Phi) is 9.37. The van der Waals surface area contributed by atoms with Crippen LogP contribution in [0.4, 0.5) is 23.4 Å². The number of anilines is 1. The van der Waals surface area contributed by atoms with Gasteiger partial charge < -0.3 is 5.73 Å². The fourth-order valence-electron chi connectivity index (χ4n) is 4.87. The Labute approximate surface area is 274 Å². The number of pyridine rings is 1. The largest absolute Gasteiger partial charge is 0.322 e. The van der Waals surface area contributed by atoms with Crippen LogP contribution in [0, 0.1) is 23.5 Å². The van der Waals surface area contributed by atoms with Crippen molar-refractivity contribution >= 4 is 48.2 Å². The third kappa shape index (κ3) is 7.56. The summed E-state index contributed by atoms with van der Waals surface area (Å²) in [5.41, 5.74) is 7.66. The van der Waals surface area contributed by atoms with E-state index in [-0.39, 0.29) is 56.2 Å². The minimum Gasteiger partial charge on any atom is -0.322 e. The van der Waals surface area contributed by atoms with Crippen molar-refractivity contribution in [3.63, 3.8) is 0 Å². The summed E-state index contributed by atoms with van der Waals surface area (Å²) in [5.74, 6) is 3.58. The Hall–Kier alpha value is -3.71. The van der Waals surface area contributed by atoms with Gasteiger partial charge >= 0.3 is 0 Å². The lowest BCUT2D eigenvalue weighted by atomic mass is 9.94. The van der Waals surface area contributed by atoms with Crippen LogP contribution in [0.25, 0.3) is 22.0 Å². The molecule has 1 unspecified atom stereocenters. The van der Waals surface area contributed by atoms with Gasteiger partial charge in [-0.3, -0.25) is 9.40 Å². The van der Waals surface area contributed by atoms with Crippen LogP contribution in [-0.2, 0) is 32.8 Å². The molecule has 4 aromatic rings. The van der Waals surface area contributed by atoms with Gasteiger partial charge in [0.2, 0.25) is 10.0 Å². The first-order valence-corrected chi connectivity index (χ1v) is 18.1. The molecule has 0 bridgehead atoms. The van der Waals surface area contributed by atoms with Crippen molar-refractivity contribution in [3.8, 4) is 23.0 Å². The molecule has 0 spiro atoms. The number of nitrogens with two attached hydrogens (primary N) is 1. The highest BCUT2D eigenvalue weighted by atomic mass is 35.5. The molecular weight excluding hydrogens is 682 g/mol. The van der Waals surface area contributed by atoms with E-state index in [0.717, 1.165) is 23.1 Å². The van der Waals surface area contributed by atoms with Gasteiger partial charge in [-0.15, -0.1) is 0 Å². The molecule has 9 nitrogen and oxygen atoms in total. The van der Waals surface area contributed by atoms with Crippen LogP contribution < -0.4 is 10.5 Å². The van der Waals surface area contributed by atoms with Crippen LogP contribution in [0.5, 0.6) is 0 Å². The summed E-state index contributed by atoms with van der Waals surface area (Å²) in [6.45, 7) is 1.95. The van der Waals surface area contributed by atoms with E-state index in [1.54, 1.807) is 6.07 Å². The summed E-state index contributed by atoms with van der Waals surface area (Å²) in [5, 5.41) is 3.65. The van der Waals surface area contributed by atoms with E-state index < -0.39 is 60.5 Å². The molecule has 0 aliphatic heterocycles. The standard InChI is InChI=1S/C31H30ClF4N5O4S2/c1-31(2,46(3,42)43)11-10-20-4-7-22(28(38-20)25(37)14-17-12-18(33)15-19(34)13-17)23-8-9-24(32)27-29(23)41(16-26(35)36)39-30(27)40-47(44,45)21-5-6-21/h4,7-9,12-13,15,21,25-26H,5-6,14,16,37H2,1-3H3,(H,39,40). The highest BCUT2D eigenvalue weighted by molar-refractivity contribution is 7.93. The number of sulfone groups is 1. The van der Waals surface area contributed by atoms with Crippen molar-refractivity contribution in [2.75, 3.05) is 11.0 Å². The summed E-state index contributed by atoms with van der Waals surface area (Å²) in [7, 11) is -7.45. The first kappa shape index (κ1) is 34.6. The predicted octanol–water partition coefficient (Wildman–Crippen LogP) is 5.62. The molecule has 2 heterocycles. The van der Waals surface area contributed by atoms with Crippen LogP contribution >= 0.6 is 11.6 Å². The van der Waals surface area contributed by atoms with E-state index in [9.17, 15) is 34.4 Å². The first-order valence-electron chi connectivity index (χ1n) is 14.3. The average Bonchev–Trinajstić information content (AvgIpc) is 3.76. The Morgan fingerprint density at radius 1 is 1.06 bits per heavy atom. The number of hydrogen-bond donors (Lipinski definition) is 2. The molecular formula is C31H30ClF4N5O4S2. The van der Waals surface area contributed by atoms with Gasteiger partial charge in [-0.25, -0.2) is 39.4 Å². The second kappa shape index (κ2) is 12.7. The molecule has 3 N–H and O–H groups in total. The fraction of sp³-hybridized carbons (Fsp3) is 0.355. The van der Waals surface area contributed by atoms with Crippen molar-refractivity contribution in [2.45, 2.75) is 62.1 Å². The smallest absolute Gasteiger partial charge is 0.257 e. The van der Waals surface area contributed by atoms with Crippen LogP contribution in [0.3, 0.4) is 0 Å². The molecule has 1 saturated carbocycles. The first-order chi connectivity index (χ1) is 21.9. The number of alkyl halides is 2. The maximum absolute atomic E-state index is 14.0. The normalized spacial score (nSPS) is 14.7. The van der Waals surface area contributed by atoms with Gasteiger partial charge in [-0.2, -0.15) is 5.10 Å². The Balaban J connectivity index is 1.72. The Morgan fingerprint density at radius 2 is 1.70 bits per heavy atom. The summed E-state index contributed by atoms with van der Waals surface area (Å²) >= 11 is 6.53. The molecule has 1 aliphatic rings. The fourth-order valence-corrected chi connectivity index (χ4v) is 6.68. The Bertz CT molecular complexity index is 2140. The molecule has 0 saturated heterocycles. The number of fused-ring (bicyclic) bond motifs is 1. The van der Waals surface area contributed by atoms with E-state index in [1.165, 1.54) is 32.0 Å². The molecule has 0 amide bonds. The van der Waals surface area contributed by atoms with Gasteiger partial charge in [0.05, 0.1) is 32.9 Å². The van der Waals surface area contributed by atoms with E-state index in [2.05, 4.69) is 26.6 Å². The van der Waals surface area contributed by atoms with Crippen LogP contribution in [0.2, 0.25) is 5.02 Å². The summed E-state index contributed by atoms with van der Waals surface area (Å²) in [4.78, 5) is 4.59. The number of hydrogen-bond acceptors (Lipinski definition) is 7. The molecule has 47 heavy (non-hydrogen) atoms. The third-order valence-electron chi connectivity index (χ3n) is 7.72. The topological polar surface area (TPSA) is 137 Å². The minimum absolute atomic E-state index is 0.0392. The zero-order valence-corrected chi connectivity index (χ0v) is 27.7. The lowest BCUT2D eigenvalue weighted by molar-refractivity contribution is 0.123. The van der Waals surface area contributed by atoms with E-state index in [4.69, 9.17) is 17.3 Å². The number of nitrogens with zero attached hydrogens (tertiary/aromatic N) is 3. The number of halogens is 5. The SMILES string of the molecule is CC(C)(C#Cc1ccc(-c2ccc(Cl)c3c(NS(=O)(=O)C4CC4)nn(CC(F)F)c23)c(C(N)Cc2cc(F)cc(F)c2)n1)S(C)(=O)=O. The third-order valence-corrected chi connectivity index (χ3v) is 11.8. The molecule has 250 valence electrons. The van der Waals surface area contributed by atoms with Crippen LogP contribution in [0.15, 0.2) is 42.5 Å². The van der Waals surface area contributed by atoms with Crippen molar-refractivity contribution in [1.29, 1.82) is 0 Å². The summed E-state index contributed by atoms with van der Waals surface area (Å²) in [6.07, 6.45) is -1.05. The summed E-state index contributed by atoms with van der Waals surface area (Å²) < 4.78 is 108. The Morgan fingerprint density at radius 3 is 2.30 bits per heavy atom. The van der Waals surface area contributed by atoms with Gasteiger partial charge in [0, 0.05) is 23.4 Å². The number of aromatic nitrogens is 3. The predicted molar refractivity (Wildman–Crippen MR) is 172 cm³/mol. The molecule has 1 fully saturated rings. The molecule has 0 radical (unpaired) electrons.